The van der Waals surface area contributed by atoms with Crippen molar-refractivity contribution < 1.29 is 5.11 Å². The standard InChI is InChI=1S/C27H46O.C2H6/c1-18(2)7-6-8-19(3)23-11-12-24-22-10-9-20-17-21(28)13-15-26(20,4)25(22)14-16-27(23,24)5;1-2/h9,18-19,21-25,28H,6-8,10-17H2,1-5H3;1-2H3/t19-,21+,22+,23?,24?,25?,26?,27-;/m1./s1. The van der Waals surface area contributed by atoms with E-state index in [9.17, 15) is 5.11 Å². The molecule has 0 aromatic rings. The molecular weight excluding hydrogens is 364 g/mol. The zero-order chi connectivity index (χ0) is 22.1. The molecule has 4 unspecified atom stereocenters. The number of aliphatic hydroxyl groups is 1. The van der Waals surface area contributed by atoms with E-state index in [4.69, 9.17) is 0 Å². The van der Waals surface area contributed by atoms with E-state index in [0.29, 0.717) is 10.8 Å². The molecule has 0 saturated heterocycles. The Morgan fingerprint density at radius 2 is 1.70 bits per heavy atom. The molecule has 4 rings (SSSR count). The third-order valence-electron chi connectivity index (χ3n) is 10.3. The number of fused-ring (bicyclic) bond motifs is 5. The molecule has 0 aliphatic heterocycles. The summed E-state index contributed by atoms with van der Waals surface area (Å²) in [6.45, 7) is 16.6. The smallest absolute Gasteiger partial charge is 0.0577 e. The molecule has 174 valence electrons. The van der Waals surface area contributed by atoms with Gasteiger partial charge < -0.3 is 5.11 Å². The fraction of sp³-hybridized carbons (Fsp3) is 0.931. The van der Waals surface area contributed by atoms with Gasteiger partial charge in [0, 0.05) is 0 Å². The zero-order valence-corrected chi connectivity index (χ0v) is 21.3. The number of hydrogen-bond donors (Lipinski definition) is 1. The molecular formula is C29H52O. The highest BCUT2D eigenvalue weighted by molar-refractivity contribution is 5.25. The third-order valence-corrected chi connectivity index (χ3v) is 10.3. The van der Waals surface area contributed by atoms with Gasteiger partial charge in [-0.15, -0.1) is 0 Å². The van der Waals surface area contributed by atoms with Crippen LogP contribution in [0.4, 0.5) is 0 Å². The molecule has 3 saturated carbocycles. The molecule has 4 aliphatic carbocycles. The van der Waals surface area contributed by atoms with Crippen LogP contribution in [0.5, 0.6) is 0 Å². The van der Waals surface area contributed by atoms with Crippen LogP contribution in [0.3, 0.4) is 0 Å². The van der Waals surface area contributed by atoms with Gasteiger partial charge in [-0.2, -0.15) is 0 Å². The fourth-order valence-electron chi connectivity index (χ4n) is 8.67. The topological polar surface area (TPSA) is 20.2 Å². The monoisotopic (exact) mass is 416 g/mol. The Hall–Kier alpha value is -0.300. The Bertz CT molecular complexity index is 591. The Morgan fingerprint density at radius 1 is 0.967 bits per heavy atom. The van der Waals surface area contributed by atoms with E-state index in [0.717, 1.165) is 48.3 Å². The first-order chi connectivity index (χ1) is 14.3. The van der Waals surface area contributed by atoms with E-state index in [1.54, 1.807) is 5.57 Å². The van der Waals surface area contributed by atoms with Crippen LogP contribution < -0.4 is 0 Å². The third kappa shape index (κ3) is 4.31. The summed E-state index contributed by atoms with van der Waals surface area (Å²) in [6, 6.07) is 0. The lowest BCUT2D eigenvalue weighted by Crippen LogP contribution is -2.50. The molecule has 1 N–H and O–H groups in total. The quantitative estimate of drug-likeness (QED) is 0.446. The molecule has 0 amide bonds. The minimum Gasteiger partial charge on any atom is -0.393 e. The normalized spacial score (nSPS) is 43.6. The van der Waals surface area contributed by atoms with Gasteiger partial charge in [0.15, 0.2) is 0 Å². The van der Waals surface area contributed by atoms with Crippen molar-refractivity contribution in [1.82, 2.24) is 0 Å². The molecule has 0 aromatic heterocycles. The second-order valence-corrected chi connectivity index (χ2v) is 12.2. The van der Waals surface area contributed by atoms with Crippen LogP contribution in [-0.4, -0.2) is 11.2 Å². The van der Waals surface area contributed by atoms with E-state index in [2.05, 4.69) is 40.7 Å². The summed E-state index contributed by atoms with van der Waals surface area (Å²) in [5, 5.41) is 10.2. The molecule has 0 aromatic carbocycles. The summed E-state index contributed by atoms with van der Waals surface area (Å²) in [4.78, 5) is 0. The van der Waals surface area contributed by atoms with E-state index < -0.39 is 0 Å². The Labute approximate surface area is 188 Å². The van der Waals surface area contributed by atoms with Crippen molar-refractivity contribution in [3.05, 3.63) is 11.6 Å². The van der Waals surface area contributed by atoms with Crippen molar-refractivity contribution in [2.45, 2.75) is 125 Å². The Balaban J connectivity index is 0.00000124. The van der Waals surface area contributed by atoms with Gasteiger partial charge >= 0.3 is 0 Å². The lowest BCUT2D eigenvalue weighted by Gasteiger charge is -2.58. The maximum absolute atomic E-state index is 10.2. The van der Waals surface area contributed by atoms with Crippen molar-refractivity contribution in [1.29, 1.82) is 0 Å². The van der Waals surface area contributed by atoms with Gasteiger partial charge in [0.25, 0.3) is 0 Å². The van der Waals surface area contributed by atoms with Crippen molar-refractivity contribution in [2.75, 3.05) is 0 Å². The maximum atomic E-state index is 10.2. The van der Waals surface area contributed by atoms with E-state index in [-0.39, 0.29) is 6.10 Å². The first kappa shape index (κ1) is 24.3. The molecule has 0 spiro atoms. The van der Waals surface area contributed by atoms with E-state index in [1.807, 2.05) is 13.8 Å². The maximum Gasteiger partial charge on any atom is 0.0577 e. The van der Waals surface area contributed by atoms with Crippen LogP contribution in [0.15, 0.2) is 11.6 Å². The lowest BCUT2D eigenvalue weighted by atomic mass is 9.47. The van der Waals surface area contributed by atoms with E-state index >= 15 is 0 Å². The van der Waals surface area contributed by atoms with Gasteiger partial charge in [-0.25, -0.2) is 0 Å². The summed E-state index contributed by atoms with van der Waals surface area (Å²) in [5.74, 6) is 5.46. The number of allylic oxidation sites excluding steroid dienone is 1. The lowest BCUT2D eigenvalue weighted by molar-refractivity contribution is -0.0573. The largest absolute Gasteiger partial charge is 0.393 e. The predicted molar refractivity (Wildman–Crippen MR) is 130 cm³/mol. The second-order valence-electron chi connectivity index (χ2n) is 12.2. The van der Waals surface area contributed by atoms with Gasteiger partial charge in [0.05, 0.1) is 6.10 Å². The minimum absolute atomic E-state index is 0.0766. The highest BCUT2D eigenvalue weighted by Gasteiger charge is 2.59. The predicted octanol–water partition coefficient (Wildman–Crippen LogP) is 8.41. The highest BCUT2D eigenvalue weighted by Crippen LogP contribution is 2.67. The van der Waals surface area contributed by atoms with Crippen LogP contribution >= 0.6 is 0 Å². The number of hydrogen-bond acceptors (Lipinski definition) is 1. The van der Waals surface area contributed by atoms with Gasteiger partial charge in [-0.3, -0.25) is 0 Å². The number of aliphatic hydroxyl groups excluding tert-OH is 1. The first-order valence-corrected chi connectivity index (χ1v) is 13.6. The van der Waals surface area contributed by atoms with Crippen molar-refractivity contribution >= 4 is 0 Å². The van der Waals surface area contributed by atoms with Crippen LogP contribution in [0, 0.1) is 46.3 Å². The van der Waals surface area contributed by atoms with Gasteiger partial charge in [-0.05, 0) is 97.7 Å². The molecule has 30 heavy (non-hydrogen) atoms. The molecule has 0 radical (unpaired) electrons. The molecule has 4 aliphatic rings. The SMILES string of the molecule is CC.CC(C)CCC[C@@H](C)C1CCC2[C@@H]3CC=C4C[C@@H](O)CCC4(C)C3CC[C@@]21C. The fourth-order valence-corrected chi connectivity index (χ4v) is 8.67. The summed E-state index contributed by atoms with van der Waals surface area (Å²) in [7, 11) is 0. The zero-order valence-electron chi connectivity index (χ0n) is 21.3. The average Bonchev–Trinajstić information content (AvgIpc) is 3.07. The molecule has 1 heteroatoms. The van der Waals surface area contributed by atoms with Gasteiger partial charge in [-0.1, -0.05) is 79.4 Å². The van der Waals surface area contributed by atoms with Gasteiger partial charge in [0.2, 0.25) is 0 Å². The summed E-state index contributed by atoms with van der Waals surface area (Å²) < 4.78 is 0. The Kier molecular flexibility index (Phi) is 7.85. The van der Waals surface area contributed by atoms with Gasteiger partial charge in [0.1, 0.15) is 0 Å². The van der Waals surface area contributed by atoms with Crippen molar-refractivity contribution in [2.24, 2.45) is 46.3 Å². The number of rotatable bonds is 5. The second kappa shape index (κ2) is 9.68. The first-order valence-electron chi connectivity index (χ1n) is 13.6. The molecule has 1 nitrogen and oxygen atoms in total. The minimum atomic E-state index is -0.0766. The van der Waals surface area contributed by atoms with E-state index in [1.165, 1.54) is 57.8 Å². The Morgan fingerprint density at radius 3 is 2.40 bits per heavy atom. The molecule has 3 fully saturated rings. The summed E-state index contributed by atoms with van der Waals surface area (Å²) in [5.41, 5.74) is 2.60. The van der Waals surface area contributed by atoms with Crippen LogP contribution in [0.2, 0.25) is 0 Å². The van der Waals surface area contributed by atoms with Crippen LogP contribution in [0.25, 0.3) is 0 Å². The van der Waals surface area contributed by atoms with Crippen LogP contribution in [-0.2, 0) is 0 Å². The molecule has 0 heterocycles. The average molecular weight is 417 g/mol. The van der Waals surface area contributed by atoms with Crippen LogP contribution in [0.1, 0.15) is 119 Å². The molecule has 8 atom stereocenters. The summed E-state index contributed by atoms with van der Waals surface area (Å²) >= 11 is 0. The van der Waals surface area contributed by atoms with Crippen molar-refractivity contribution in [3.63, 3.8) is 0 Å². The highest BCUT2D eigenvalue weighted by atomic mass is 16.3. The van der Waals surface area contributed by atoms with Crippen molar-refractivity contribution in [3.8, 4) is 0 Å². The summed E-state index contributed by atoms with van der Waals surface area (Å²) in [6.07, 6.45) is 17.2. The molecule has 0 bridgehead atoms.